The van der Waals surface area contributed by atoms with Gasteiger partial charge in [0.05, 0.1) is 28.6 Å². The van der Waals surface area contributed by atoms with Crippen molar-refractivity contribution in [2.75, 3.05) is 0 Å². The minimum absolute atomic E-state index is 0.0122. The fourth-order valence-corrected chi connectivity index (χ4v) is 4.12. The molecule has 3 heterocycles. The Hall–Kier alpha value is -3.60. The normalized spacial score (nSPS) is 12.0. The van der Waals surface area contributed by atoms with Crippen LogP contribution in [0.5, 0.6) is 5.75 Å². The molecule has 0 radical (unpaired) electrons. The van der Waals surface area contributed by atoms with Gasteiger partial charge in [0, 0.05) is 35.5 Å². The molecule has 1 atom stereocenters. The van der Waals surface area contributed by atoms with Gasteiger partial charge in [-0.1, -0.05) is 6.92 Å². The van der Waals surface area contributed by atoms with Crippen molar-refractivity contribution in [1.82, 2.24) is 24.5 Å². The third-order valence-corrected chi connectivity index (χ3v) is 5.97. The summed E-state index contributed by atoms with van der Waals surface area (Å²) in [6.07, 6.45) is 5.11. The van der Waals surface area contributed by atoms with Crippen LogP contribution in [0.3, 0.4) is 0 Å². The second kappa shape index (κ2) is 10.3. The highest BCUT2D eigenvalue weighted by Crippen LogP contribution is 2.36. The van der Waals surface area contributed by atoms with Crippen molar-refractivity contribution < 1.29 is 14.1 Å². The zero-order valence-electron chi connectivity index (χ0n) is 19.5. The molecule has 0 bridgehead atoms. The van der Waals surface area contributed by atoms with E-state index >= 15 is 0 Å². The monoisotopic (exact) mass is 542 g/mol. The molecule has 182 valence electrons. The lowest BCUT2D eigenvalue weighted by atomic mass is 9.99. The van der Waals surface area contributed by atoms with Gasteiger partial charge in [-0.25, -0.2) is 4.39 Å². The van der Waals surface area contributed by atoms with E-state index in [9.17, 15) is 14.5 Å². The van der Waals surface area contributed by atoms with Crippen LogP contribution in [0.15, 0.2) is 53.4 Å². The van der Waals surface area contributed by atoms with Crippen LogP contribution in [0.1, 0.15) is 43.7 Å². The zero-order chi connectivity index (χ0) is 25.1. The summed E-state index contributed by atoms with van der Waals surface area (Å²) in [6, 6.07) is 7.89. The molecular formula is C24H24BrFN6O3. The smallest absolute Gasteiger partial charge is 0.406 e. The predicted octanol–water partition coefficient (Wildman–Crippen LogP) is 5.72. The first-order chi connectivity index (χ1) is 16.8. The highest BCUT2D eigenvalue weighted by atomic mass is 79.9. The van der Waals surface area contributed by atoms with Crippen LogP contribution < -0.4 is 4.74 Å². The Morgan fingerprint density at radius 2 is 2.03 bits per heavy atom. The third kappa shape index (κ3) is 5.40. The van der Waals surface area contributed by atoms with Gasteiger partial charge in [0.2, 0.25) is 5.75 Å². The summed E-state index contributed by atoms with van der Waals surface area (Å²) in [4.78, 5) is 14.7. The summed E-state index contributed by atoms with van der Waals surface area (Å²) in [5.74, 6) is -0.863. The van der Waals surface area contributed by atoms with E-state index in [0.29, 0.717) is 16.6 Å². The van der Waals surface area contributed by atoms with E-state index in [1.165, 1.54) is 24.4 Å². The first kappa shape index (κ1) is 24.5. The van der Waals surface area contributed by atoms with Gasteiger partial charge in [-0.15, -0.1) is 0 Å². The molecule has 0 amide bonds. The Labute approximate surface area is 209 Å². The van der Waals surface area contributed by atoms with E-state index in [2.05, 4.69) is 26.0 Å². The van der Waals surface area contributed by atoms with Crippen LogP contribution in [-0.2, 0) is 19.5 Å². The molecule has 4 aromatic rings. The Morgan fingerprint density at radius 1 is 1.23 bits per heavy atom. The van der Waals surface area contributed by atoms with Crippen LogP contribution >= 0.6 is 15.9 Å². The van der Waals surface area contributed by atoms with Gasteiger partial charge < -0.3 is 14.9 Å². The van der Waals surface area contributed by atoms with Gasteiger partial charge >= 0.3 is 5.82 Å². The van der Waals surface area contributed by atoms with Crippen molar-refractivity contribution in [3.8, 4) is 17.0 Å². The molecule has 35 heavy (non-hydrogen) atoms. The van der Waals surface area contributed by atoms with Crippen LogP contribution in [0.2, 0.25) is 0 Å². The molecule has 0 saturated heterocycles. The average molecular weight is 543 g/mol. The van der Waals surface area contributed by atoms with E-state index in [1.807, 2.05) is 35.5 Å². The number of halogens is 2. The number of aryl methyl sites for hydroxylation is 2. The molecular weight excluding hydrogens is 519 g/mol. The third-order valence-electron chi connectivity index (χ3n) is 5.54. The molecule has 0 aliphatic heterocycles. The van der Waals surface area contributed by atoms with Crippen molar-refractivity contribution >= 4 is 21.7 Å². The van der Waals surface area contributed by atoms with Crippen molar-refractivity contribution in [2.24, 2.45) is 0 Å². The lowest BCUT2D eigenvalue weighted by Crippen LogP contribution is -2.10. The summed E-state index contributed by atoms with van der Waals surface area (Å²) < 4.78 is 24.6. The molecule has 0 fully saturated rings. The molecule has 0 spiro atoms. The topological polar surface area (TPSA) is 101 Å². The summed E-state index contributed by atoms with van der Waals surface area (Å²) in [5, 5.41) is 20.5. The predicted molar refractivity (Wildman–Crippen MR) is 132 cm³/mol. The van der Waals surface area contributed by atoms with E-state index in [-0.39, 0.29) is 5.75 Å². The molecule has 1 aromatic carbocycles. The first-order valence-electron chi connectivity index (χ1n) is 11.1. The van der Waals surface area contributed by atoms with Crippen LogP contribution in [0.4, 0.5) is 10.2 Å². The fourth-order valence-electron chi connectivity index (χ4n) is 3.81. The minimum atomic E-state index is -0.716. The Balaban J connectivity index is 1.75. The Kier molecular flexibility index (Phi) is 7.25. The maximum atomic E-state index is 14.4. The quantitative estimate of drug-likeness (QED) is 0.198. The molecule has 0 aliphatic rings. The van der Waals surface area contributed by atoms with Crippen molar-refractivity contribution in [3.63, 3.8) is 0 Å². The van der Waals surface area contributed by atoms with Crippen LogP contribution in [0.25, 0.3) is 11.3 Å². The van der Waals surface area contributed by atoms with E-state index < -0.39 is 22.7 Å². The standard InChI is InChI=1S/C24H24BrFN6O3/c1-4-19-10-22(31(29-19)14-16-11-28-30(5-2)13-16)20-7-6-18(26)9-21(20)15(3)35-23-8-17(25)12-27-24(23)32(33)34/h6-13,15H,4-5,14H2,1-3H3/t15-/m1/s1. The van der Waals surface area contributed by atoms with Crippen molar-refractivity contribution in [3.05, 3.63) is 86.1 Å². The zero-order valence-corrected chi connectivity index (χ0v) is 21.1. The largest absolute Gasteiger partial charge is 0.478 e. The summed E-state index contributed by atoms with van der Waals surface area (Å²) in [7, 11) is 0. The molecule has 11 heteroatoms. The van der Waals surface area contributed by atoms with Gasteiger partial charge in [-0.2, -0.15) is 10.2 Å². The fraction of sp³-hybridized carbons (Fsp3) is 0.292. The van der Waals surface area contributed by atoms with Crippen molar-refractivity contribution in [2.45, 2.75) is 46.4 Å². The molecule has 4 rings (SSSR count). The second-order valence-corrected chi connectivity index (χ2v) is 8.88. The van der Waals surface area contributed by atoms with E-state index in [0.717, 1.165) is 35.5 Å². The van der Waals surface area contributed by atoms with Gasteiger partial charge in [-0.3, -0.25) is 9.36 Å². The maximum Gasteiger partial charge on any atom is 0.406 e. The molecule has 0 N–H and O–H groups in total. The number of aromatic nitrogens is 5. The average Bonchev–Trinajstić information content (AvgIpc) is 3.45. The maximum absolute atomic E-state index is 14.4. The first-order valence-corrected chi connectivity index (χ1v) is 11.9. The Morgan fingerprint density at radius 3 is 2.71 bits per heavy atom. The highest BCUT2D eigenvalue weighted by Gasteiger charge is 2.24. The highest BCUT2D eigenvalue weighted by molar-refractivity contribution is 9.10. The summed E-state index contributed by atoms with van der Waals surface area (Å²) in [5.41, 5.74) is 3.92. The minimum Gasteiger partial charge on any atom is -0.478 e. The Bertz CT molecular complexity index is 1370. The number of rotatable bonds is 9. The number of nitro groups is 1. The van der Waals surface area contributed by atoms with Crippen LogP contribution in [-0.4, -0.2) is 29.5 Å². The number of hydrogen-bond donors (Lipinski definition) is 0. The number of benzene rings is 1. The molecule has 0 unspecified atom stereocenters. The summed E-state index contributed by atoms with van der Waals surface area (Å²) in [6.45, 7) is 7.00. The van der Waals surface area contributed by atoms with E-state index in [4.69, 9.17) is 9.84 Å². The number of ether oxygens (including phenoxy) is 1. The van der Waals surface area contributed by atoms with Crippen molar-refractivity contribution in [1.29, 1.82) is 0 Å². The number of nitrogens with zero attached hydrogens (tertiary/aromatic N) is 6. The number of hydrogen-bond acceptors (Lipinski definition) is 6. The molecule has 3 aromatic heterocycles. The van der Waals surface area contributed by atoms with Gasteiger partial charge in [0.1, 0.15) is 11.9 Å². The molecule has 0 saturated carbocycles. The van der Waals surface area contributed by atoms with Gasteiger partial charge in [0.15, 0.2) is 6.20 Å². The van der Waals surface area contributed by atoms with Gasteiger partial charge in [0.25, 0.3) is 0 Å². The summed E-state index contributed by atoms with van der Waals surface area (Å²) >= 11 is 3.27. The van der Waals surface area contributed by atoms with E-state index in [1.54, 1.807) is 19.2 Å². The van der Waals surface area contributed by atoms with Crippen LogP contribution in [0, 0.1) is 15.9 Å². The number of pyridine rings is 1. The molecule has 0 aliphatic carbocycles. The van der Waals surface area contributed by atoms with Gasteiger partial charge in [-0.05, 0) is 70.4 Å². The lowest BCUT2D eigenvalue weighted by Gasteiger charge is -2.19. The molecule has 9 nitrogen and oxygen atoms in total. The SMILES string of the molecule is CCc1cc(-c2ccc(F)cc2[C@@H](C)Oc2cc(Br)cnc2[N+](=O)[O-])n(Cc2cnn(CC)c2)n1. The lowest BCUT2D eigenvalue weighted by molar-refractivity contribution is -0.390. The second-order valence-electron chi connectivity index (χ2n) is 7.96.